The molecule has 2 aliphatic carbocycles. The van der Waals surface area contributed by atoms with E-state index in [1.807, 2.05) is 6.07 Å². The lowest BCUT2D eigenvalue weighted by molar-refractivity contribution is 0.669. The van der Waals surface area contributed by atoms with Crippen LogP contribution in [0.15, 0.2) is 229 Å². The van der Waals surface area contributed by atoms with Gasteiger partial charge in [-0.1, -0.05) is 191 Å². The maximum absolute atomic E-state index is 6.61. The summed E-state index contributed by atoms with van der Waals surface area (Å²) in [4.78, 5) is 2.46. The standard InChI is InChI=1S/C69H51NO/c1-42(2)46-28-33-56-57-34-29-47(43(3)4)40-64(57)69(63(56)39-46)61-16-9-7-15-60(61)68-62(69)17-11-18-65(68)70(55-32-35-59-58-14-8-10-19-66(58)71-67(59)41-55)54-30-26-45(27-31-54)49-22-23-52-38-53(25-24-51(52)37-49)50-21-20-44-12-5-6-13-48(44)36-50/h5-43H,1-4H3. The Bertz CT molecular complexity index is 4070. The van der Waals surface area contributed by atoms with Crippen molar-refractivity contribution in [1.82, 2.24) is 0 Å². The summed E-state index contributed by atoms with van der Waals surface area (Å²) >= 11 is 0. The molecule has 1 heterocycles. The van der Waals surface area contributed by atoms with Gasteiger partial charge in [0.15, 0.2) is 0 Å². The van der Waals surface area contributed by atoms with Gasteiger partial charge in [-0.05, 0) is 160 Å². The molecular weight excluding hydrogens is 859 g/mol. The Hall–Kier alpha value is -8.46. The van der Waals surface area contributed by atoms with E-state index in [2.05, 4.69) is 251 Å². The first-order chi connectivity index (χ1) is 34.8. The van der Waals surface area contributed by atoms with Crippen LogP contribution < -0.4 is 4.90 Å². The van der Waals surface area contributed by atoms with Crippen molar-refractivity contribution in [3.8, 4) is 44.5 Å². The third-order valence-corrected chi connectivity index (χ3v) is 15.8. The summed E-state index contributed by atoms with van der Waals surface area (Å²) in [6.07, 6.45) is 0. The molecule has 11 aromatic carbocycles. The molecule has 0 atom stereocenters. The number of para-hydroxylation sites is 1. The molecule has 2 heteroatoms. The van der Waals surface area contributed by atoms with Crippen LogP contribution in [0.3, 0.4) is 0 Å². The zero-order chi connectivity index (χ0) is 47.5. The van der Waals surface area contributed by atoms with E-state index in [0.717, 1.165) is 39.0 Å². The highest BCUT2D eigenvalue weighted by atomic mass is 16.3. The van der Waals surface area contributed by atoms with Gasteiger partial charge >= 0.3 is 0 Å². The Morgan fingerprint density at radius 2 is 0.887 bits per heavy atom. The van der Waals surface area contributed by atoms with Gasteiger partial charge in [-0.2, -0.15) is 0 Å². The van der Waals surface area contributed by atoms with E-state index in [1.54, 1.807) is 0 Å². The van der Waals surface area contributed by atoms with Gasteiger partial charge in [-0.15, -0.1) is 0 Å². The van der Waals surface area contributed by atoms with E-state index in [4.69, 9.17) is 4.42 Å². The summed E-state index contributed by atoms with van der Waals surface area (Å²) in [6, 6.07) is 84.1. The summed E-state index contributed by atoms with van der Waals surface area (Å²) in [5.74, 6) is 0.787. The van der Waals surface area contributed by atoms with Crippen LogP contribution in [0.2, 0.25) is 0 Å². The van der Waals surface area contributed by atoms with Crippen LogP contribution in [0.1, 0.15) is 72.9 Å². The highest BCUT2D eigenvalue weighted by Crippen LogP contribution is 2.65. The summed E-state index contributed by atoms with van der Waals surface area (Å²) in [5.41, 5.74) is 22.7. The molecule has 12 aromatic rings. The van der Waals surface area contributed by atoms with Crippen molar-refractivity contribution < 1.29 is 4.42 Å². The summed E-state index contributed by atoms with van der Waals surface area (Å²) in [6.45, 7) is 9.25. The fraction of sp³-hybridized carbons (Fsp3) is 0.101. The first-order valence-electron chi connectivity index (χ1n) is 25.2. The minimum absolute atomic E-state index is 0.393. The van der Waals surface area contributed by atoms with Crippen molar-refractivity contribution in [3.63, 3.8) is 0 Å². The molecule has 338 valence electrons. The van der Waals surface area contributed by atoms with Crippen LogP contribution in [0.25, 0.3) is 88.0 Å². The number of benzene rings is 11. The number of rotatable bonds is 7. The molecule has 0 bridgehead atoms. The Morgan fingerprint density at radius 3 is 1.58 bits per heavy atom. The normalized spacial score (nSPS) is 13.2. The third-order valence-electron chi connectivity index (χ3n) is 15.8. The molecule has 14 rings (SSSR count). The Labute approximate surface area is 415 Å². The average Bonchev–Trinajstić information content (AvgIpc) is 4.04. The van der Waals surface area contributed by atoms with E-state index in [1.165, 1.54) is 99.4 Å². The van der Waals surface area contributed by atoms with Gasteiger partial charge in [0.2, 0.25) is 0 Å². The van der Waals surface area contributed by atoms with Crippen molar-refractivity contribution in [3.05, 3.63) is 258 Å². The zero-order valence-corrected chi connectivity index (χ0v) is 40.4. The van der Waals surface area contributed by atoms with Crippen LogP contribution in [-0.2, 0) is 5.41 Å². The van der Waals surface area contributed by atoms with Gasteiger partial charge in [0, 0.05) is 33.8 Å². The molecule has 0 aliphatic heterocycles. The average molecular weight is 910 g/mol. The van der Waals surface area contributed by atoms with Crippen molar-refractivity contribution in [2.45, 2.75) is 44.9 Å². The van der Waals surface area contributed by atoms with Crippen LogP contribution in [-0.4, -0.2) is 0 Å². The van der Waals surface area contributed by atoms with Crippen molar-refractivity contribution in [2.75, 3.05) is 4.90 Å². The number of nitrogens with zero attached hydrogens (tertiary/aromatic N) is 1. The lowest BCUT2D eigenvalue weighted by Crippen LogP contribution is -2.26. The molecule has 0 amide bonds. The first-order valence-corrected chi connectivity index (χ1v) is 25.2. The SMILES string of the molecule is CC(C)c1ccc2c(c1)C1(c3cc(C(C)C)ccc3-2)c2ccccc2-c2c(N(c3ccc(-c4ccc5cc(-c6ccc7ccccc7c6)ccc5c4)cc3)c3ccc4c(c3)oc3ccccc34)cccc21. The van der Waals surface area contributed by atoms with E-state index < -0.39 is 5.41 Å². The fourth-order valence-corrected chi connectivity index (χ4v) is 12.2. The monoisotopic (exact) mass is 909 g/mol. The second-order valence-electron chi connectivity index (χ2n) is 20.4. The number of hydrogen-bond acceptors (Lipinski definition) is 2. The summed E-state index contributed by atoms with van der Waals surface area (Å²) in [5, 5.41) is 7.21. The molecular formula is C69H51NO. The van der Waals surface area contributed by atoms with Crippen molar-refractivity contribution >= 4 is 60.5 Å². The number of fused-ring (bicyclic) bond motifs is 15. The van der Waals surface area contributed by atoms with E-state index in [0.29, 0.717) is 11.8 Å². The highest BCUT2D eigenvalue weighted by molar-refractivity contribution is 6.07. The predicted octanol–water partition coefficient (Wildman–Crippen LogP) is 19.3. The minimum atomic E-state index is -0.493. The molecule has 1 spiro atoms. The molecule has 2 nitrogen and oxygen atoms in total. The molecule has 71 heavy (non-hydrogen) atoms. The Balaban J connectivity index is 0.938. The molecule has 0 radical (unpaired) electrons. The van der Waals surface area contributed by atoms with Gasteiger partial charge in [-0.3, -0.25) is 0 Å². The second-order valence-corrected chi connectivity index (χ2v) is 20.4. The first kappa shape index (κ1) is 41.5. The van der Waals surface area contributed by atoms with Gasteiger partial charge in [-0.25, -0.2) is 0 Å². The molecule has 0 unspecified atom stereocenters. The van der Waals surface area contributed by atoms with Gasteiger partial charge in [0.25, 0.3) is 0 Å². The molecule has 0 saturated heterocycles. The highest BCUT2D eigenvalue weighted by Gasteiger charge is 2.53. The largest absolute Gasteiger partial charge is 0.456 e. The number of hydrogen-bond donors (Lipinski definition) is 0. The zero-order valence-electron chi connectivity index (χ0n) is 40.4. The quantitative estimate of drug-likeness (QED) is 0.158. The minimum Gasteiger partial charge on any atom is -0.456 e. The third kappa shape index (κ3) is 6.27. The summed E-state index contributed by atoms with van der Waals surface area (Å²) in [7, 11) is 0. The van der Waals surface area contributed by atoms with Crippen LogP contribution in [0.5, 0.6) is 0 Å². The number of furan rings is 1. The molecule has 1 aromatic heterocycles. The topological polar surface area (TPSA) is 16.4 Å². The maximum Gasteiger partial charge on any atom is 0.137 e. The summed E-state index contributed by atoms with van der Waals surface area (Å²) < 4.78 is 6.61. The maximum atomic E-state index is 6.61. The van der Waals surface area contributed by atoms with Crippen molar-refractivity contribution in [1.29, 1.82) is 0 Å². The molecule has 0 saturated carbocycles. The van der Waals surface area contributed by atoms with Crippen molar-refractivity contribution in [2.24, 2.45) is 0 Å². The Morgan fingerprint density at radius 1 is 0.352 bits per heavy atom. The number of anilines is 3. The van der Waals surface area contributed by atoms with Gasteiger partial charge < -0.3 is 9.32 Å². The smallest absolute Gasteiger partial charge is 0.137 e. The van der Waals surface area contributed by atoms with Crippen LogP contribution in [0, 0.1) is 0 Å². The second kappa shape index (κ2) is 15.8. The molecule has 0 N–H and O–H groups in total. The fourth-order valence-electron chi connectivity index (χ4n) is 12.2. The van der Waals surface area contributed by atoms with Crippen LogP contribution >= 0.6 is 0 Å². The predicted molar refractivity (Wildman–Crippen MR) is 299 cm³/mol. The van der Waals surface area contributed by atoms with Gasteiger partial charge in [0.05, 0.1) is 11.1 Å². The molecule has 0 fully saturated rings. The lowest BCUT2D eigenvalue weighted by Gasteiger charge is -2.32. The van der Waals surface area contributed by atoms with Gasteiger partial charge in [0.1, 0.15) is 11.2 Å². The Kier molecular flexibility index (Phi) is 9.23. The molecule has 2 aliphatic rings. The van der Waals surface area contributed by atoms with E-state index in [9.17, 15) is 0 Å². The lowest BCUT2D eigenvalue weighted by atomic mass is 9.69. The van der Waals surface area contributed by atoms with E-state index in [-0.39, 0.29) is 0 Å². The van der Waals surface area contributed by atoms with Crippen LogP contribution in [0.4, 0.5) is 17.1 Å². The van der Waals surface area contributed by atoms with E-state index >= 15 is 0 Å².